The Morgan fingerprint density at radius 2 is 1.94 bits per heavy atom. The van der Waals surface area contributed by atoms with Crippen LogP contribution in [0.2, 0.25) is 0 Å². The lowest BCUT2D eigenvalue weighted by Gasteiger charge is -2.31. The summed E-state index contributed by atoms with van der Waals surface area (Å²) >= 11 is 3.51. The van der Waals surface area contributed by atoms with Gasteiger partial charge in [-0.15, -0.1) is 0 Å². The molecule has 1 aromatic carbocycles. The van der Waals surface area contributed by atoms with E-state index < -0.39 is 0 Å². The van der Waals surface area contributed by atoms with Crippen molar-refractivity contribution in [3.8, 4) is 0 Å². The number of rotatable bonds is 4. The van der Waals surface area contributed by atoms with Gasteiger partial charge >= 0.3 is 0 Å². The van der Waals surface area contributed by atoms with E-state index in [0.717, 1.165) is 4.47 Å². The van der Waals surface area contributed by atoms with Gasteiger partial charge in [0, 0.05) is 29.8 Å². The van der Waals surface area contributed by atoms with Gasteiger partial charge in [0.1, 0.15) is 0 Å². The second-order valence-electron chi connectivity index (χ2n) is 4.57. The second kappa shape index (κ2) is 5.69. The molecule has 0 aliphatic rings. The SMILES string of the molecule is CC(C)C(C)N(C)c1cc(Br)ccc1CN. The molecule has 0 aliphatic carbocycles. The lowest BCUT2D eigenvalue weighted by molar-refractivity contribution is 0.504. The molecule has 1 rings (SSSR count). The van der Waals surface area contributed by atoms with Crippen molar-refractivity contribution >= 4 is 21.6 Å². The summed E-state index contributed by atoms with van der Waals surface area (Å²) in [6.45, 7) is 7.30. The predicted molar refractivity (Wildman–Crippen MR) is 74.7 cm³/mol. The molecule has 0 saturated carbocycles. The highest BCUT2D eigenvalue weighted by atomic mass is 79.9. The maximum Gasteiger partial charge on any atom is 0.0422 e. The van der Waals surface area contributed by atoms with Gasteiger partial charge < -0.3 is 10.6 Å². The third-order valence-electron chi connectivity index (χ3n) is 3.22. The molecule has 0 aliphatic heterocycles. The first-order valence-corrected chi connectivity index (χ1v) is 6.48. The zero-order valence-electron chi connectivity index (χ0n) is 10.5. The van der Waals surface area contributed by atoms with Gasteiger partial charge in [-0.25, -0.2) is 0 Å². The van der Waals surface area contributed by atoms with Crippen molar-refractivity contribution in [1.29, 1.82) is 0 Å². The molecule has 2 nitrogen and oxygen atoms in total. The molecule has 0 aromatic heterocycles. The van der Waals surface area contributed by atoms with Gasteiger partial charge in [-0.05, 0) is 30.5 Å². The molecule has 0 bridgehead atoms. The standard InChI is InChI=1S/C13H21BrN2/c1-9(2)10(3)16(4)13-7-12(14)6-5-11(13)8-15/h5-7,9-10H,8,15H2,1-4H3. The molecule has 0 radical (unpaired) electrons. The van der Waals surface area contributed by atoms with Crippen molar-refractivity contribution in [2.45, 2.75) is 33.4 Å². The number of anilines is 1. The van der Waals surface area contributed by atoms with Crippen molar-refractivity contribution in [2.24, 2.45) is 11.7 Å². The molecule has 0 heterocycles. The van der Waals surface area contributed by atoms with Crippen LogP contribution in [-0.2, 0) is 6.54 Å². The van der Waals surface area contributed by atoms with E-state index >= 15 is 0 Å². The zero-order valence-corrected chi connectivity index (χ0v) is 12.1. The Balaban J connectivity index is 3.05. The maximum atomic E-state index is 5.77. The van der Waals surface area contributed by atoms with Gasteiger partial charge in [-0.1, -0.05) is 35.8 Å². The molecule has 2 N–H and O–H groups in total. The van der Waals surface area contributed by atoms with Crippen LogP contribution in [-0.4, -0.2) is 13.1 Å². The number of nitrogens with two attached hydrogens (primary N) is 1. The first-order chi connectivity index (χ1) is 7.47. The highest BCUT2D eigenvalue weighted by Crippen LogP contribution is 2.27. The highest BCUT2D eigenvalue weighted by Gasteiger charge is 2.16. The van der Waals surface area contributed by atoms with Gasteiger partial charge in [0.05, 0.1) is 0 Å². The number of hydrogen-bond acceptors (Lipinski definition) is 2. The highest BCUT2D eigenvalue weighted by molar-refractivity contribution is 9.10. The monoisotopic (exact) mass is 284 g/mol. The van der Waals surface area contributed by atoms with E-state index in [1.54, 1.807) is 0 Å². The van der Waals surface area contributed by atoms with Crippen LogP contribution >= 0.6 is 15.9 Å². The molecule has 90 valence electrons. The molecule has 16 heavy (non-hydrogen) atoms. The quantitative estimate of drug-likeness (QED) is 0.918. The fourth-order valence-corrected chi connectivity index (χ4v) is 2.05. The Hall–Kier alpha value is -0.540. The number of halogens is 1. The van der Waals surface area contributed by atoms with Crippen molar-refractivity contribution in [3.05, 3.63) is 28.2 Å². The Labute approximate surface area is 107 Å². The smallest absolute Gasteiger partial charge is 0.0422 e. The Morgan fingerprint density at radius 1 is 1.31 bits per heavy atom. The summed E-state index contributed by atoms with van der Waals surface area (Å²) in [5, 5.41) is 0. The van der Waals surface area contributed by atoms with Gasteiger partial charge in [0.2, 0.25) is 0 Å². The average Bonchev–Trinajstić information content (AvgIpc) is 2.26. The summed E-state index contributed by atoms with van der Waals surface area (Å²) in [5.41, 5.74) is 8.19. The summed E-state index contributed by atoms with van der Waals surface area (Å²) in [6, 6.07) is 6.77. The molecular weight excluding hydrogens is 264 g/mol. The van der Waals surface area contributed by atoms with Gasteiger partial charge in [0.15, 0.2) is 0 Å². The molecular formula is C13H21BrN2. The summed E-state index contributed by atoms with van der Waals surface area (Å²) in [5.74, 6) is 0.620. The molecule has 3 heteroatoms. The van der Waals surface area contributed by atoms with E-state index in [1.165, 1.54) is 11.3 Å². The summed E-state index contributed by atoms with van der Waals surface area (Å²) in [7, 11) is 2.13. The summed E-state index contributed by atoms with van der Waals surface area (Å²) in [6.07, 6.45) is 0. The van der Waals surface area contributed by atoms with Crippen LogP contribution in [0.1, 0.15) is 26.3 Å². The van der Waals surface area contributed by atoms with Crippen LogP contribution in [0.5, 0.6) is 0 Å². The lowest BCUT2D eigenvalue weighted by atomic mass is 10.0. The first kappa shape index (κ1) is 13.5. The van der Waals surface area contributed by atoms with Crippen LogP contribution < -0.4 is 10.6 Å². The fraction of sp³-hybridized carbons (Fsp3) is 0.538. The molecule has 1 atom stereocenters. The summed E-state index contributed by atoms with van der Waals surface area (Å²) < 4.78 is 1.10. The Morgan fingerprint density at radius 3 is 2.44 bits per heavy atom. The van der Waals surface area contributed by atoms with E-state index in [1.807, 2.05) is 6.07 Å². The molecule has 1 aromatic rings. The number of hydrogen-bond donors (Lipinski definition) is 1. The normalized spacial score (nSPS) is 12.9. The predicted octanol–water partition coefficient (Wildman–Crippen LogP) is 3.39. The minimum atomic E-state index is 0.500. The zero-order chi connectivity index (χ0) is 12.3. The molecule has 0 amide bonds. The first-order valence-electron chi connectivity index (χ1n) is 5.68. The van der Waals surface area contributed by atoms with E-state index in [-0.39, 0.29) is 0 Å². The minimum Gasteiger partial charge on any atom is -0.371 e. The van der Waals surface area contributed by atoms with Gasteiger partial charge in [0.25, 0.3) is 0 Å². The molecule has 0 spiro atoms. The Bertz CT molecular complexity index is 350. The van der Waals surface area contributed by atoms with E-state index in [9.17, 15) is 0 Å². The molecule has 0 fully saturated rings. The lowest BCUT2D eigenvalue weighted by Crippen LogP contribution is -2.34. The van der Waals surface area contributed by atoms with Crippen molar-refractivity contribution in [3.63, 3.8) is 0 Å². The van der Waals surface area contributed by atoms with E-state index in [0.29, 0.717) is 18.5 Å². The van der Waals surface area contributed by atoms with Crippen LogP contribution in [0.3, 0.4) is 0 Å². The third-order valence-corrected chi connectivity index (χ3v) is 3.72. The largest absolute Gasteiger partial charge is 0.371 e. The topological polar surface area (TPSA) is 29.3 Å². The van der Waals surface area contributed by atoms with E-state index in [4.69, 9.17) is 5.73 Å². The number of benzene rings is 1. The molecule has 1 unspecified atom stereocenters. The number of nitrogens with zero attached hydrogens (tertiary/aromatic N) is 1. The van der Waals surface area contributed by atoms with Gasteiger partial charge in [-0.3, -0.25) is 0 Å². The van der Waals surface area contributed by atoms with Crippen LogP contribution in [0.15, 0.2) is 22.7 Å². The third kappa shape index (κ3) is 2.98. The minimum absolute atomic E-state index is 0.500. The van der Waals surface area contributed by atoms with Crippen molar-refractivity contribution < 1.29 is 0 Å². The van der Waals surface area contributed by atoms with Crippen molar-refractivity contribution in [2.75, 3.05) is 11.9 Å². The van der Waals surface area contributed by atoms with E-state index in [2.05, 4.69) is 60.8 Å². The van der Waals surface area contributed by atoms with Crippen molar-refractivity contribution in [1.82, 2.24) is 0 Å². The van der Waals surface area contributed by atoms with Crippen LogP contribution in [0.25, 0.3) is 0 Å². The molecule has 0 saturated heterocycles. The fourth-order valence-electron chi connectivity index (χ4n) is 1.70. The second-order valence-corrected chi connectivity index (χ2v) is 5.49. The Kier molecular flexibility index (Phi) is 4.81. The average molecular weight is 285 g/mol. The van der Waals surface area contributed by atoms with Gasteiger partial charge in [-0.2, -0.15) is 0 Å². The summed E-state index contributed by atoms with van der Waals surface area (Å²) in [4.78, 5) is 2.30. The maximum absolute atomic E-state index is 5.77. The van der Waals surface area contributed by atoms with Crippen LogP contribution in [0, 0.1) is 5.92 Å². The van der Waals surface area contributed by atoms with Crippen LogP contribution in [0.4, 0.5) is 5.69 Å².